The van der Waals surface area contributed by atoms with Crippen molar-refractivity contribution in [1.29, 1.82) is 0 Å². The number of carbonyl (C=O) groups is 1. The molecule has 0 aliphatic rings. The third-order valence-corrected chi connectivity index (χ3v) is 4.24. The van der Waals surface area contributed by atoms with E-state index in [0.717, 1.165) is 22.4 Å². The van der Waals surface area contributed by atoms with Gasteiger partial charge in [-0.25, -0.2) is 4.79 Å². The van der Waals surface area contributed by atoms with Crippen LogP contribution in [-0.4, -0.2) is 40.3 Å². The molecule has 0 spiro atoms. The first-order valence-electron chi connectivity index (χ1n) is 8.85. The van der Waals surface area contributed by atoms with Gasteiger partial charge in [0.1, 0.15) is 17.1 Å². The predicted octanol–water partition coefficient (Wildman–Crippen LogP) is 3.28. The second-order valence-corrected chi connectivity index (χ2v) is 6.12. The highest BCUT2D eigenvalue weighted by Crippen LogP contribution is 2.21. The third-order valence-electron chi connectivity index (χ3n) is 4.24. The largest absolute Gasteiger partial charge is 0.496 e. The summed E-state index contributed by atoms with van der Waals surface area (Å²) in [6, 6.07) is 11.4. The first-order chi connectivity index (χ1) is 13.5. The summed E-state index contributed by atoms with van der Waals surface area (Å²) < 4.78 is 15.5. The molecule has 7 nitrogen and oxygen atoms in total. The average molecular weight is 513 g/mol. The van der Waals surface area contributed by atoms with Crippen molar-refractivity contribution < 1.29 is 19.0 Å². The van der Waals surface area contributed by atoms with Crippen molar-refractivity contribution in [1.82, 2.24) is 10.6 Å². The standard InChI is InChI=1S/C21H27N3O4.HI/c1-14-6-8-16(19(10-14)27-4)13-24-21(22-2)23-12-15-7-9-18(26-3)17(11-15)20(25)28-5;/h6-11H,12-13H2,1-5H3,(H2,22,23,24);1H. The van der Waals surface area contributed by atoms with Gasteiger partial charge < -0.3 is 24.8 Å². The molecule has 2 aromatic rings. The number of hydrogen-bond acceptors (Lipinski definition) is 5. The molecule has 0 fully saturated rings. The van der Waals surface area contributed by atoms with E-state index in [2.05, 4.69) is 15.6 Å². The van der Waals surface area contributed by atoms with Gasteiger partial charge in [-0.15, -0.1) is 24.0 Å². The lowest BCUT2D eigenvalue weighted by molar-refractivity contribution is 0.0597. The molecule has 0 unspecified atom stereocenters. The molecule has 0 aromatic heterocycles. The molecule has 0 aliphatic carbocycles. The number of carbonyl (C=O) groups excluding carboxylic acids is 1. The van der Waals surface area contributed by atoms with E-state index in [-0.39, 0.29) is 24.0 Å². The molecule has 8 heteroatoms. The molecular formula is C21H28IN3O4. The van der Waals surface area contributed by atoms with Crippen LogP contribution in [-0.2, 0) is 17.8 Å². The molecule has 0 saturated carbocycles. The number of nitrogens with zero attached hydrogens (tertiary/aromatic N) is 1. The summed E-state index contributed by atoms with van der Waals surface area (Å²) in [4.78, 5) is 16.1. The fraction of sp³-hybridized carbons (Fsp3) is 0.333. The van der Waals surface area contributed by atoms with Crippen molar-refractivity contribution in [2.75, 3.05) is 28.4 Å². The number of methoxy groups -OCH3 is 3. The van der Waals surface area contributed by atoms with Crippen molar-refractivity contribution >= 4 is 35.9 Å². The van der Waals surface area contributed by atoms with E-state index >= 15 is 0 Å². The number of nitrogens with one attached hydrogen (secondary N) is 2. The minimum Gasteiger partial charge on any atom is -0.496 e. The Morgan fingerprint density at radius 2 is 1.66 bits per heavy atom. The van der Waals surface area contributed by atoms with Gasteiger partial charge in [0.05, 0.1) is 21.3 Å². The van der Waals surface area contributed by atoms with Gasteiger partial charge in [-0.3, -0.25) is 4.99 Å². The number of aryl methyl sites for hydroxylation is 1. The first-order valence-corrected chi connectivity index (χ1v) is 8.85. The Kier molecular flexibility index (Phi) is 10.3. The van der Waals surface area contributed by atoms with Crippen LogP contribution in [0.15, 0.2) is 41.4 Å². The number of rotatable bonds is 7. The van der Waals surface area contributed by atoms with E-state index in [1.807, 2.05) is 31.2 Å². The van der Waals surface area contributed by atoms with Gasteiger partial charge in [-0.05, 0) is 36.2 Å². The molecular weight excluding hydrogens is 485 g/mol. The lowest BCUT2D eigenvalue weighted by atomic mass is 10.1. The Hall–Kier alpha value is -2.49. The lowest BCUT2D eigenvalue weighted by Crippen LogP contribution is -2.36. The molecule has 29 heavy (non-hydrogen) atoms. The second-order valence-electron chi connectivity index (χ2n) is 6.12. The van der Waals surface area contributed by atoms with E-state index in [4.69, 9.17) is 14.2 Å². The van der Waals surface area contributed by atoms with Gasteiger partial charge in [0.15, 0.2) is 5.96 Å². The van der Waals surface area contributed by atoms with Gasteiger partial charge in [-0.1, -0.05) is 18.2 Å². The molecule has 158 valence electrons. The van der Waals surface area contributed by atoms with E-state index in [1.54, 1.807) is 26.3 Å². The maximum atomic E-state index is 11.9. The molecule has 0 atom stereocenters. The Balaban J connectivity index is 0.00000420. The summed E-state index contributed by atoms with van der Waals surface area (Å²) in [5.41, 5.74) is 3.46. The minimum absolute atomic E-state index is 0. The smallest absolute Gasteiger partial charge is 0.341 e. The summed E-state index contributed by atoms with van der Waals surface area (Å²) in [6.07, 6.45) is 0. The zero-order chi connectivity index (χ0) is 20.5. The normalized spacial score (nSPS) is 10.6. The van der Waals surface area contributed by atoms with Crippen molar-refractivity contribution in [3.05, 3.63) is 58.7 Å². The average Bonchev–Trinajstić information content (AvgIpc) is 2.73. The summed E-state index contributed by atoms with van der Waals surface area (Å²) in [5.74, 6) is 1.51. The van der Waals surface area contributed by atoms with Gasteiger partial charge in [0.2, 0.25) is 0 Å². The van der Waals surface area contributed by atoms with Gasteiger partial charge in [-0.2, -0.15) is 0 Å². The summed E-state index contributed by atoms with van der Waals surface area (Å²) in [6.45, 7) is 3.08. The molecule has 0 amide bonds. The molecule has 2 N–H and O–H groups in total. The lowest BCUT2D eigenvalue weighted by Gasteiger charge is -2.15. The predicted molar refractivity (Wildman–Crippen MR) is 125 cm³/mol. The van der Waals surface area contributed by atoms with E-state index < -0.39 is 5.97 Å². The highest BCUT2D eigenvalue weighted by molar-refractivity contribution is 14.0. The number of benzene rings is 2. The number of aliphatic imine (C=N–C) groups is 1. The Morgan fingerprint density at radius 3 is 2.28 bits per heavy atom. The van der Waals surface area contributed by atoms with E-state index in [9.17, 15) is 4.79 Å². The van der Waals surface area contributed by atoms with Crippen molar-refractivity contribution in [3.63, 3.8) is 0 Å². The number of halogens is 1. The van der Waals surface area contributed by atoms with Crippen molar-refractivity contribution in [2.45, 2.75) is 20.0 Å². The fourth-order valence-corrected chi connectivity index (χ4v) is 2.72. The van der Waals surface area contributed by atoms with E-state index in [1.165, 1.54) is 14.2 Å². The van der Waals surface area contributed by atoms with Crippen LogP contribution in [0.25, 0.3) is 0 Å². The van der Waals surface area contributed by atoms with Crippen LogP contribution < -0.4 is 20.1 Å². The molecule has 0 saturated heterocycles. The van der Waals surface area contributed by atoms with Crippen LogP contribution in [0, 0.1) is 6.92 Å². The molecule has 0 radical (unpaired) electrons. The first kappa shape index (κ1) is 24.5. The Morgan fingerprint density at radius 1 is 0.966 bits per heavy atom. The summed E-state index contributed by atoms with van der Waals surface area (Å²) in [5, 5.41) is 6.50. The molecule has 0 heterocycles. The number of guanidine groups is 1. The summed E-state index contributed by atoms with van der Waals surface area (Å²) >= 11 is 0. The topological polar surface area (TPSA) is 81.2 Å². The van der Waals surface area contributed by atoms with Gasteiger partial charge >= 0.3 is 5.97 Å². The fourth-order valence-electron chi connectivity index (χ4n) is 2.72. The minimum atomic E-state index is -0.437. The number of esters is 1. The van der Waals surface area contributed by atoms with Gasteiger partial charge in [0, 0.05) is 25.7 Å². The van der Waals surface area contributed by atoms with Crippen molar-refractivity contribution in [2.24, 2.45) is 4.99 Å². The number of hydrogen-bond donors (Lipinski definition) is 2. The summed E-state index contributed by atoms with van der Waals surface area (Å²) in [7, 11) is 6.23. The third kappa shape index (κ3) is 6.81. The molecule has 0 bridgehead atoms. The van der Waals surface area contributed by atoms with Crippen LogP contribution in [0.2, 0.25) is 0 Å². The highest BCUT2D eigenvalue weighted by atomic mass is 127. The number of ether oxygens (including phenoxy) is 3. The molecule has 2 rings (SSSR count). The van der Waals surface area contributed by atoms with E-state index in [0.29, 0.717) is 30.4 Å². The zero-order valence-corrected chi connectivity index (χ0v) is 19.7. The quantitative estimate of drug-likeness (QED) is 0.256. The van der Waals surface area contributed by atoms with Crippen LogP contribution in [0.5, 0.6) is 11.5 Å². The van der Waals surface area contributed by atoms with Crippen LogP contribution >= 0.6 is 24.0 Å². The van der Waals surface area contributed by atoms with Crippen LogP contribution in [0.4, 0.5) is 0 Å². The maximum Gasteiger partial charge on any atom is 0.341 e. The highest BCUT2D eigenvalue weighted by Gasteiger charge is 2.13. The van der Waals surface area contributed by atoms with Crippen LogP contribution in [0.1, 0.15) is 27.0 Å². The Bertz CT molecular complexity index is 856. The maximum absolute atomic E-state index is 11.9. The van der Waals surface area contributed by atoms with Crippen LogP contribution in [0.3, 0.4) is 0 Å². The molecule has 0 aliphatic heterocycles. The monoisotopic (exact) mass is 513 g/mol. The second kappa shape index (κ2) is 12.2. The van der Waals surface area contributed by atoms with Gasteiger partial charge in [0.25, 0.3) is 0 Å². The zero-order valence-electron chi connectivity index (χ0n) is 17.4. The Labute approximate surface area is 188 Å². The SMILES string of the molecule is CN=C(NCc1ccc(OC)c(C(=O)OC)c1)NCc1ccc(C)cc1OC.I. The molecule has 2 aromatic carbocycles. The van der Waals surface area contributed by atoms with Crippen molar-refractivity contribution in [3.8, 4) is 11.5 Å².